The Balaban J connectivity index is 2.01. The van der Waals surface area contributed by atoms with Crippen LogP contribution in [0, 0.1) is 5.92 Å². The van der Waals surface area contributed by atoms with E-state index < -0.39 is 10.0 Å². The van der Waals surface area contributed by atoms with E-state index in [-0.39, 0.29) is 16.1 Å². The number of sulfonamides is 1. The van der Waals surface area contributed by atoms with Gasteiger partial charge in [0.1, 0.15) is 0 Å². The summed E-state index contributed by atoms with van der Waals surface area (Å²) in [6.07, 6.45) is 2.28. The summed E-state index contributed by atoms with van der Waals surface area (Å²) in [4.78, 5) is 0. The summed E-state index contributed by atoms with van der Waals surface area (Å²) < 4.78 is 28.2. The van der Waals surface area contributed by atoms with Gasteiger partial charge in [-0.1, -0.05) is 11.6 Å². The molecule has 2 aliphatic heterocycles. The van der Waals surface area contributed by atoms with Gasteiger partial charge in [0.25, 0.3) is 10.0 Å². The van der Waals surface area contributed by atoms with Crippen molar-refractivity contribution in [1.29, 1.82) is 0 Å². The molecule has 1 aromatic heterocycles. The average molecular weight is 291 g/mol. The predicted octanol–water partition coefficient (Wildman–Crippen LogP) is 0.0559. The van der Waals surface area contributed by atoms with Crippen LogP contribution in [0.15, 0.2) is 11.2 Å². The molecule has 8 heteroatoms. The van der Waals surface area contributed by atoms with Crippen LogP contribution in [-0.4, -0.2) is 48.2 Å². The number of halogens is 1. The first-order valence-corrected chi connectivity index (χ1v) is 7.73. The molecule has 0 bridgehead atoms. The number of nitrogens with zero attached hydrogens (tertiary/aromatic N) is 3. The van der Waals surface area contributed by atoms with Gasteiger partial charge in [-0.05, 0) is 18.9 Å². The molecule has 0 spiro atoms. The van der Waals surface area contributed by atoms with E-state index in [9.17, 15) is 8.42 Å². The highest BCUT2D eigenvalue weighted by Crippen LogP contribution is 2.34. The molecule has 0 aromatic carbocycles. The second-order valence-electron chi connectivity index (χ2n) is 4.81. The third-order valence-corrected chi connectivity index (χ3v) is 6.22. The number of rotatable bonds is 2. The molecule has 100 valence electrons. The van der Waals surface area contributed by atoms with Crippen molar-refractivity contribution >= 4 is 21.6 Å². The molecule has 18 heavy (non-hydrogen) atoms. The molecule has 3 heterocycles. The normalized spacial score (nSPS) is 28.8. The molecule has 2 aliphatic rings. The summed E-state index contributed by atoms with van der Waals surface area (Å²) in [6.45, 7) is 2.19. The molecule has 0 amide bonds. The summed E-state index contributed by atoms with van der Waals surface area (Å²) in [5, 5.41) is 7.42. The molecular weight excluding hydrogens is 276 g/mol. The molecule has 0 aliphatic carbocycles. The van der Waals surface area contributed by atoms with Gasteiger partial charge in [-0.2, -0.15) is 9.40 Å². The van der Waals surface area contributed by atoms with Crippen molar-refractivity contribution in [1.82, 2.24) is 19.4 Å². The zero-order valence-electron chi connectivity index (χ0n) is 10.0. The zero-order chi connectivity index (χ0) is 12.9. The Bertz CT molecular complexity index is 551. The first-order chi connectivity index (χ1) is 8.51. The molecule has 6 nitrogen and oxygen atoms in total. The number of nitrogens with one attached hydrogen (secondary N) is 1. The largest absolute Gasteiger partial charge is 0.315 e. The van der Waals surface area contributed by atoms with Gasteiger partial charge in [0.2, 0.25) is 0 Å². The van der Waals surface area contributed by atoms with Crippen molar-refractivity contribution in [3.05, 3.63) is 11.2 Å². The summed E-state index contributed by atoms with van der Waals surface area (Å²) in [5.41, 5.74) is 0. The number of fused-ring (bicyclic) bond motifs is 1. The highest BCUT2D eigenvalue weighted by molar-refractivity contribution is 7.89. The first-order valence-electron chi connectivity index (χ1n) is 5.92. The Kier molecular flexibility index (Phi) is 2.89. The second kappa shape index (κ2) is 4.19. The predicted molar refractivity (Wildman–Crippen MR) is 66.9 cm³/mol. The van der Waals surface area contributed by atoms with Crippen LogP contribution >= 0.6 is 11.6 Å². The maximum Gasteiger partial charge on any atom is 0.262 e. The Morgan fingerprint density at radius 3 is 2.94 bits per heavy atom. The van der Waals surface area contributed by atoms with Crippen molar-refractivity contribution in [2.45, 2.75) is 17.5 Å². The van der Waals surface area contributed by atoms with Crippen LogP contribution in [0.5, 0.6) is 0 Å². The fraction of sp³-hybridized carbons (Fsp3) is 0.700. The summed E-state index contributed by atoms with van der Waals surface area (Å²) in [5.74, 6) is 0.423. The van der Waals surface area contributed by atoms with Gasteiger partial charge < -0.3 is 5.32 Å². The molecule has 0 saturated carbocycles. The van der Waals surface area contributed by atoms with E-state index >= 15 is 0 Å². The Labute approximate surface area is 111 Å². The van der Waals surface area contributed by atoms with Crippen molar-refractivity contribution in [2.75, 3.05) is 19.6 Å². The molecule has 2 fully saturated rings. The topological polar surface area (TPSA) is 67.2 Å². The van der Waals surface area contributed by atoms with Crippen LogP contribution in [0.4, 0.5) is 0 Å². The maximum absolute atomic E-state index is 12.6. The molecule has 1 N–H and O–H groups in total. The molecule has 0 radical (unpaired) electrons. The minimum absolute atomic E-state index is 0.0565. The SMILES string of the molecule is Cn1ncc(Cl)c1S(=O)(=O)N1CC[C@H]2CNC[C@H]21. The van der Waals surface area contributed by atoms with Crippen molar-refractivity contribution in [3.8, 4) is 0 Å². The lowest BCUT2D eigenvalue weighted by Gasteiger charge is -2.22. The van der Waals surface area contributed by atoms with Crippen LogP contribution < -0.4 is 5.32 Å². The third kappa shape index (κ3) is 1.69. The number of aromatic nitrogens is 2. The summed E-state index contributed by atoms with van der Waals surface area (Å²) >= 11 is 5.95. The van der Waals surface area contributed by atoms with E-state index in [1.807, 2.05) is 0 Å². The monoisotopic (exact) mass is 290 g/mol. The van der Waals surface area contributed by atoms with Gasteiger partial charge in [-0.3, -0.25) is 4.68 Å². The molecular formula is C10H15ClN4O2S. The lowest BCUT2D eigenvalue weighted by Crippen LogP contribution is -2.39. The van der Waals surface area contributed by atoms with E-state index in [1.165, 1.54) is 10.9 Å². The van der Waals surface area contributed by atoms with Crippen LogP contribution in [0.3, 0.4) is 0 Å². The van der Waals surface area contributed by atoms with Crippen LogP contribution in [0.1, 0.15) is 6.42 Å². The quantitative estimate of drug-likeness (QED) is 0.836. The van der Waals surface area contributed by atoms with Gasteiger partial charge in [0.15, 0.2) is 5.03 Å². The number of hydrogen-bond donors (Lipinski definition) is 1. The molecule has 0 unspecified atom stereocenters. The van der Waals surface area contributed by atoms with Gasteiger partial charge in [0, 0.05) is 26.2 Å². The van der Waals surface area contributed by atoms with E-state index in [0.717, 1.165) is 19.5 Å². The fourth-order valence-corrected chi connectivity index (χ4v) is 5.22. The highest BCUT2D eigenvalue weighted by Gasteiger charge is 2.45. The van der Waals surface area contributed by atoms with Crippen molar-refractivity contribution in [2.24, 2.45) is 13.0 Å². The van der Waals surface area contributed by atoms with Gasteiger partial charge in [0.05, 0.1) is 11.2 Å². The van der Waals surface area contributed by atoms with Crippen molar-refractivity contribution < 1.29 is 8.42 Å². The van der Waals surface area contributed by atoms with E-state index in [1.54, 1.807) is 11.4 Å². The van der Waals surface area contributed by atoms with Crippen LogP contribution in [-0.2, 0) is 17.1 Å². The van der Waals surface area contributed by atoms with Gasteiger partial charge in [-0.15, -0.1) is 0 Å². The van der Waals surface area contributed by atoms with Crippen LogP contribution in [0.25, 0.3) is 0 Å². The molecule has 2 saturated heterocycles. The molecule has 1 aromatic rings. The van der Waals surface area contributed by atoms with Crippen molar-refractivity contribution in [3.63, 3.8) is 0 Å². The third-order valence-electron chi connectivity index (χ3n) is 3.79. The Hall–Kier alpha value is -0.630. The van der Waals surface area contributed by atoms with E-state index in [4.69, 9.17) is 11.6 Å². The standard InChI is InChI=1S/C10H15ClN4O2S/c1-14-10(8(11)5-13-14)18(16,17)15-3-2-7-4-12-6-9(7)15/h5,7,9,12H,2-4,6H2,1H3/t7-,9+/m0/s1. The Morgan fingerprint density at radius 1 is 1.50 bits per heavy atom. The lowest BCUT2D eigenvalue weighted by molar-refractivity contribution is 0.378. The van der Waals surface area contributed by atoms with Gasteiger partial charge >= 0.3 is 0 Å². The fourth-order valence-electron chi connectivity index (χ4n) is 2.91. The number of hydrogen-bond acceptors (Lipinski definition) is 4. The lowest BCUT2D eigenvalue weighted by atomic mass is 10.1. The zero-order valence-corrected chi connectivity index (χ0v) is 11.6. The number of aryl methyl sites for hydroxylation is 1. The summed E-state index contributed by atoms with van der Waals surface area (Å²) in [6, 6.07) is 0.0565. The minimum Gasteiger partial charge on any atom is -0.315 e. The van der Waals surface area contributed by atoms with E-state index in [2.05, 4.69) is 10.4 Å². The van der Waals surface area contributed by atoms with Crippen LogP contribution in [0.2, 0.25) is 5.02 Å². The molecule has 3 rings (SSSR count). The Morgan fingerprint density at radius 2 is 2.28 bits per heavy atom. The first kappa shape index (κ1) is 12.4. The summed E-state index contributed by atoms with van der Waals surface area (Å²) in [7, 11) is -1.95. The molecule has 2 atom stereocenters. The maximum atomic E-state index is 12.6. The van der Waals surface area contributed by atoms with Gasteiger partial charge in [-0.25, -0.2) is 8.42 Å². The highest BCUT2D eigenvalue weighted by atomic mass is 35.5. The average Bonchev–Trinajstić information content (AvgIpc) is 2.92. The minimum atomic E-state index is -3.55. The second-order valence-corrected chi connectivity index (χ2v) is 7.02. The van der Waals surface area contributed by atoms with E-state index in [0.29, 0.717) is 12.5 Å². The smallest absolute Gasteiger partial charge is 0.262 e.